The minimum atomic E-state index is -0.357. The molecule has 0 spiro atoms. The highest BCUT2D eigenvalue weighted by Gasteiger charge is 2.21. The van der Waals surface area contributed by atoms with Crippen molar-refractivity contribution in [3.63, 3.8) is 0 Å². The Morgan fingerprint density at radius 3 is 2.72 bits per heavy atom. The third-order valence-corrected chi connectivity index (χ3v) is 7.86. The first-order valence-corrected chi connectivity index (χ1v) is 13.8. The van der Waals surface area contributed by atoms with E-state index in [1.807, 2.05) is 12.1 Å². The largest absolute Gasteiger partial charge is 0.492 e. The number of hydrogen-bond donors (Lipinski definition) is 3. The Bertz CT molecular complexity index is 1620. The number of piperidine rings is 1. The molecule has 9 nitrogen and oxygen atoms in total. The van der Waals surface area contributed by atoms with Crippen molar-refractivity contribution in [2.24, 2.45) is 0 Å². The van der Waals surface area contributed by atoms with Crippen LogP contribution in [0.15, 0.2) is 42.7 Å². The van der Waals surface area contributed by atoms with Crippen molar-refractivity contribution in [3.8, 4) is 28.4 Å². The van der Waals surface area contributed by atoms with Crippen LogP contribution in [0.2, 0.25) is 0 Å². The summed E-state index contributed by atoms with van der Waals surface area (Å²) in [6.45, 7) is 5.59. The zero-order valence-electron chi connectivity index (χ0n) is 21.7. The second-order valence-corrected chi connectivity index (χ2v) is 10.5. The number of benzene rings is 1. The highest BCUT2D eigenvalue weighted by Crippen LogP contribution is 2.33. The molecule has 10 heteroatoms. The summed E-state index contributed by atoms with van der Waals surface area (Å²) in [5.74, 6) is 1.18. The maximum Gasteiger partial charge on any atom is 0.161 e. The molecule has 2 aliphatic rings. The number of aromatic amines is 2. The fraction of sp³-hybridized carbons (Fsp3) is 0.379. The number of pyridine rings is 2. The maximum atomic E-state index is 14.7. The van der Waals surface area contributed by atoms with Crippen molar-refractivity contribution in [1.82, 2.24) is 40.3 Å². The summed E-state index contributed by atoms with van der Waals surface area (Å²) in [7, 11) is 0. The van der Waals surface area contributed by atoms with E-state index in [2.05, 4.69) is 36.4 Å². The normalized spacial score (nSPS) is 16.9. The van der Waals surface area contributed by atoms with E-state index in [4.69, 9.17) is 14.7 Å². The van der Waals surface area contributed by atoms with Gasteiger partial charge in [-0.2, -0.15) is 5.10 Å². The summed E-state index contributed by atoms with van der Waals surface area (Å²) < 4.78 is 20.6. The zero-order chi connectivity index (χ0) is 26.2. The minimum absolute atomic E-state index is 0.357. The molecule has 6 heterocycles. The van der Waals surface area contributed by atoms with Gasteiger partial charge in [0, 0.05) is 36.0 Å². The zero-order valence-corrected chi connectivity index (χ0v) is 21.7. The predicted octanol–water partition coefficient (Wildman–Crippen LogP) is 4.64. The number of hydrogen-bond acceptors (Lipinski definition) is 7. The second kappa shape index (κ2) is 10.3. The first kappa shape index (κ1) is 24.2. The molecule has 0 bridgehead atoms. The molecule has 0 amide bonds. The van der Waals surface area contributed by atoms with E-state index in [0.29, 0.717) is 40.9 Å². The van der Waals surface area contributed by atoms with Gasteiger partial charge in [0.25, 0.3) is 0 Å². The molecule has 0 saturated carbocycles. The van der Waals surface area contributed by atoms with E-state index >= 15 is 0 Å². The number of aromatic nitrogens is 6. The van der Waals surface area contributed by atoms with Gasteiger partial charge in [-0.05, 0) is 81.7 Å². The van der Waals surface area contributed by atoms with Crippen molar-refractivity contribution in [3.05, 3.63) is 54.2 Å². The number of imidazole rings is 1. The number of rotatable bonds is 7. The molecule has 2 saturated heterocycles. The van der Waals surface area contributed by atoms with Crippen LogP contribution in [0.4, 0.5) is 4.39 Å². The Kier molecular flexibility index (Phi) is 6.41. The van der Waals surface area contributed by atoms with Gasteiger partial charge in [0.1, 0.15) is 23.7 Å². The molecule has 2 aliphatic heterocycles. The van der Waals surface area contributed by atoms with Crippen LogP contribution in [0, 0.1) is 5.82 Å². The number of H-pyrrole nitrogens is 2. The first-order chi connectivity index (χ1) is 19.2. The highest BCUT2D eigenvalue weighted by molar-refractivity contribution is 5.95. The van der Waals surface area contributed by atoms with Crippen LogP contribution >= 0.6 is 0 Å². The van der Waals surface area contributed by atoms with Crippen molar-refractivity contribution in [2.75, 3.05) is 39.3 Å². The molecule has 2 fully saturated rings. The van der Waals surface area contributed by atoms with Gasteiger partial charge in [0.2, 0.25) is 0 Å². The third-order valence-electron chi connectivity index (χ3n) is 7.86. The van der Waals surface area contributed by atoms with Crippen molar-refractivity contribution in [2.45, 2.75) is 31.6 Å². The smallest absolute Gasteiger partial charge is 0.161 e. The monoisotopic (exact) mass is 526 g/mol. The summed E-state index contributed by atoms with van der Waals surface area (Å²) in [4.78, 5) is 20.0. The lowest BCUT2D eigenvalue weighted by molar-refractivity contribution is 0.237. The highest BCUT2D eigenvalue weighted by atomic mass is 19.1. The second-order valence-electron chi connectivity index (χ2n) is 10.5. The summed E-state index contributed by atoms with van der Waals surface area (Å²) in [5, 5.41) is 11.1. The SMILES string of the molecule is Fc1cc(OCCN2CCCC2)cc(-c2cncc3[nH]c(-c4n[nH]c5ccc(C6CCNCC6)nc45)nc23)c1. The molecule has 4 aromatic heterocycles. The first-order valence-electron chi connectivity index (χ1n) is 13.8. The Labute approximate surface area is 225 Å². The van der Waals surface area contributed by atoms with Gasteiger partial charge in [0.05, 0.1) is 22.7 Å². The quantitative estimate of drug-likeness (QED) is 0.284. The van der Waals surface area contributed by atoms with Crippen molar-refractivity contribution < 1.29 is 9.13 Å². The summed E-state index contributed by atoms with van der Waals surface area (Å²) >= 11 is 0. The van der Waals surface area contributed by atoms with Gasteiger partial charge >= 0.3 is 0 Å². The lowest BCUT2D eigenvalue weighted by Gasteiger charge is -2.22. The summed E-state index contributed by atoms with van der Waals surface area (Å²) in [5.41, 5.74) is 6.23. The van der Waals surface area contributed by atoms with Crippen LogP contribution in [-0.2, 0) is 0 Å². The Morgan fingerprint density at radius 2 is 1.85 bits per heavy atom. The van der Waals surface area contributed by atoms with E-state index in [1.165, 1.54) is 25.0 Å². The number of nitrogens with one attached hydrogen (secondary N) is 3. The predicted molar refractivity (Wildman–Crippen MR) is 148 cm³/mol. The van der Waals surface area contributed by atoms with Crippen molar-refractivity contribution in [1.29, 1.82) is 0 Å². The van der Waals surface area contributed by atoms with E-state index in [9.17, 15) is 4.39 Å². The summed E-state index contributed by atoms with van der Waals surface area (Å²) in [6.07, 6.45) is 8.05. The molecular formula is C29H31FN8O. The molecule has 1 aromatic carbocycles. The Balaban J connectivity index is 1.20. The molecule has 7 rings (SSSR count). The van der Waals surface area contributed by atoms with Gasteiger partial charge in [-0.25, -0.2) is 14.4 Å². The average molecular weight is 527 g/mol. The van der Waals surface area contributed by atoms with Gasteiger partial charge in [0.15, 0.2) is 11.5 Å². The lowest BCUT2D eigenvalue weighted by Crippen LogP contribution is -2.27. The molecular weight excluding hydrogens is 495 g/mol. The van der Waals surface area contributed by atoms with E-state index in [0.717, 1.165) is 73.4 Å². The Morgan fingerprint density at radius 1 is 0.974 bits per heavy atom. The van der Waals surface area contributed by atoms with Gasteiger partial charge in [-0.3, -0.25) is 15.0 Å². The fourth-order valence-corrected chi connectivity index (χ4v) is 5.78. The van der Waals surface area contributed by atoms with Gasteiger partial charge in [-0.15, -0.1) is 0 Å². The van der Waals surface area contributed by atoms with E-state index < -0.39 is 0 Å². The number of halogens is 1. The van der Waals surface area contributed by atoms with E-state index in [1.54, 1.807) is 12.4 Å². The number of fused-ring (bicyclic) bond motifs is 2. The van der Waals surface area contributed by atoms with Crippen LogP contribution in [0.1, 0.15) is 37.3 Å². The third kappa shape index (κ3) is 4.86. The number of ether oxygens (including phenoxy) is 1. The van der Waals surface area contributed by atoms with Crippen LogP contribution in [0.5, 0.6) is 5.75 Å². The molecule has 200 valence electrons. The topological polar surface area (TPSA) is 108 Å². The molecule has 0 radical (unpaired) electrons. The van der Waals surface area contributed by atoms with Gasteiger partial charge in [-0.1, -0.05) is 0 Å². The van der Waals surface area contributed by atoms with Crippen molar-refractivity contribution >= 4 is 22.1 Å². The van der Waals surface area contributed by atoms with Gasteiger partial charge < -0.3 is 15.0 Å². The molecule has 0 unspecified atom stereocenters. The standard InChI is InChI=1S/C29H31FN8O/c30-20-13-19(14-21(15-20)39-12-11-38-9-1-2-10-38)22-16-32-17-25-26(22)35-29(34-25)28-27-24(36-37-28)4-3-23(33-27)18-5-7-31-8-6-18/h3-4,13-18,31H,1-2,5-12H2,(H,34,35)(H,36,37). The van der Waals surface area contributed by atoms with Crippen LogP contribution in [0.25, 0.3) is 44.7 Å². The molecule has 0 atom stereocenters. The van der Waals surface area contributed by atoms with Crippen LogP contribution < -0.4 is 10.1 Å². The fourth-order valence-electron chi connectivity index (χ4n) is 5.78. The van der Waals surface area contributed by atoms with Crippen LogP contribution in [-0.4, -0.2) is 74.4 Å². The summed E-state index contributed by atoms with van der Waals surface area (Å²) in [6, 6.07) is 8.92. The van der Waals surface area contributed by atoms with E-state index in [-0.39, 0.29) is 5.82 Å². The number of nitrogens with zero attached hydrogens (tertiary/aromatic N) is 5. The number of likely N-dealkylation sites (tertiary alicyclic amines) is 1. The van der Waals surface area contributed by atoms with Crippen LogP contribution in [0.3, 0.4) is 0 Å². The molecule has 0 aliphatic carbocycles. The molecule has 5 aromatic rings. The lowest BCUT2D eigenvalue weighted by atomic mass is 9.94. The average Bonchev–Trinajstić information content (AvgIpc) is 3.72. The molecule has 3 N–H and O–H groups in total. The Hall–Kier alpha value is -3.89. The minimum Gasteiger partial charge on any atom is -0.492 e. The molecule has 39 heavy (non-hydrogen) atoms. The maximum absolute atomic E-state index is 14.7.